The predicted octanol–water partition coefficient (Wildman–Crippen LogP) is 2.52. The standard InChI is InChI=1S/C14H21N3O/c1-11-6-5-9-15-13(11)10-16-14(18)17-12-7-3-2-4-8-12/h5-6,9,12H,2-4,7-8,10H2,1H3,(H2,16,17,18). The minimum atomic E-state index is -0.0769. The molecule has 0 radical (unpaired) electrons. The first-order valence-electron chi connectivity index (χ1n) is 6.70. The van der Waals surface area contributed by atoms with E-state index in [1.54, 1.807) is 6.20 Å². The average Bonchev–Trinajstić information content (AvgIpc) is 2.39. The van der Waals surface area contributed by atoms with Crippen molar-refractivity contribution in [3.63, 3.8) is 0 Å². The fraction of sp³-hybridized carbons (Fsp3) is 0.571. The lowest BCUT2D eigenvalue weighted by molar-refractivity contribution is 0.232. The number of hydrogen-bond donors (Lipinski definition) is 2. The van der Waals surface area contributed by atoms with Gasteiger partial charge in [0.2, 0.25) is 0 Å². The Morgan fingerprint density at radius 3 is 2.89 bits per heavy atom. The zero-order valence-electron chi connectivity index (χ0n) is 10.9. The maximum Gasteiger partial charge on any atom is 0.315 e. The molecule has 0 aromatic carbocycles. The highest BCUT2D eigenvalue weighted by atomic mass is 16.2. The quantitative estimate of drug-likeness (QED) is 0.862. The summed E-state index contributed by atoms with van der Waals surface area (Å²) < 4.78 is 0. The number of rotatable bonds is 3. The van der Waals surface area contributed by atoms with Crippen LogP contribution in [0.3, 0.4) is 0 Å². The van der Waals surface area contributed by atoms with Crippen LogP contribution >= 0.6 is 0 Å². The van der Waals surface area contributed by atoms with Gasteiger partial charge in [-0.25, -0.2) is 4.79 Å². The van der Waals surface area contributed by atoms with Crippen LogP contribution in [0.1, 0.15) is 43.4 Å². The van der Waals surface area contributed by atoms with Crippen LogP contribution in [-0.4, -0.2) is 17.1 Å². The molecule has 0 spiro atoms. The number of amides is 2. The molecule has 2 N–H and O–H groups in total. The van der Waals surface area contributed by atoms with Crippen LogP contribution in [0.5, 0.6) is 0 Å². The second-order valence-corrected chi connectivity index (χ2v) is 4.93. The van der Waals surface area contributed by atoms with E-state index in [4.69, 9.17) is 0 Å². The topological polar surface area (TPSA) is 54.0 Å². The molecule has 1 heterocycles. The summed E-state index contributed by atoms with van der Waals surface area (Å²) in [6, 6.07) is 4.18. The normalized spacial score (nSPS) is 16.3. The zero-order chi connectivity index (χ0) is 12.8. The van der Waals surface area contributed by atoms with Gasteiger partial charge in [-0.3, -0.25) is 4.98 Å². The van der Waals surface area contributed by atoms with Gasteiger partial charge >= 0.3 is 6.03 Å². The summed E-state index contributed by atoms with van der Waals surface area (Å²) in [5.74, 6) is 0. The summed E-state index contributed by atoms with van der Waals surface area (Å²) in [5.41, 5.74) is 2.03. The fourth-order valence-electron chi connectivity index (χ4n) is 2.35. The fourth-order valence-corrected chi connectivity index (χ4v) is 2.35. The Labute approximate surface area is 108 Å². The van der Waals surface area contributed by atoms with Gasteiger partial charge in [-0.15, -0.1) is 0 Å². The van der Waals surface area contributed by atoms with Crippen molar-refractivity contribution >= 4 is 6.03 Å². The predicted molar refractivity (Wildman–Crippen MR) is 71.2 cm³/mol. The second-order valence-electron chi connectivity index (χ2n) is 4.93. The lowest BCUT2D eigenvalue weighted by Gasteiger charge is -2.22. The number of carbonyl (C=O) groups excluding carboxylic acids is 1. The summed E-state index contributed by atoms with van der Waals surface area (Å²) in [7, 11) is 0. The highest BCUT2D eigenvalue weighted by Crippen LogP contribution is 2.17. The van der Waals surface area contributed by atoms with Gasteiger partial charge < -0.3 is 10.6 Å². The van der Waals surface area contributed by atoms with Gasteiger partial charge in [0, 0.05) is 12.2 Å². The van der Waals surface area contributed by atoms with Gasteiger partial charge in [-0.05, 0) is 31.4 Å². The molecule has 1 aromatic rings. The van der Waals surface area contributed by atoms with Crippen molar-refractivity contribution in [2.75, 3.05) is 0 Å². The third-order valence-electron chi connectivity index (χ3n) is 3.47. The van der Waals surface area contributed by atoms with Gasteiger partial charge in [0.25, 0.3) is 0 Å². The Kier molecular flexibility index (Phi) is 4.56. The smallest absolute Gasteiger partial charge is 0.315 e. The monoisotopic (exact) mass is 247 g/mol. The van der Waals surface area contributed by atoms with E-state index >= 15 is 0 Å². The van der Waals surface area contributed by atoms with Gasteiger partial charge in [-0.1, -0.05) is 25.3 Å². The molecule has 1 aliphatic rings. The minimum absolute atomic E-state index is 0.0769. The molecule has 0 bridgehead atoms. The van der Waals surface area contributed by atoms with Gasteiger partial charge in [0.15, 0.2) is 0 Å². The molecule has 98 valence electrons. The molecule has 0 atom stereocenters. The van der Waals surface area contributed by atoms with E-state index < -0.39 is 0 Å². The minimum Gasteiger partial charge on any atom is -0.335 e. The van der Waals surface area contributed by atoms with Crippen molar-refractivity contribution in [1.29, 1.82) is 0 Å². The van der Waals surface area contributed by atoms with Crippen molar-refractivity contribution in [3.05, 3.63) is 29.6 Å². The lowest BCUT2D eigenvalue weighted by Crippen LogP contribution is -2.42. The Hall–Kier alpha value is -1.58. The number of nitrogens with one attached hydrogen (secondary N) is 2. The average molecular weight is 247 g/mol. The van der Waals surface area contributed by atoms with Crippen LogP contribution in [0, 0.1) is 6.92 Å². The second kappa shape index (κ2) is 6.38. The first-order chi connectivity index (χ1) is 8.75. The van der Waals surface area contributed by atoms with Crippen LogP contribution in [0.25, 0.3) is 0 Å². The third-order valence-corrected chi connectivity index (χ3v) is 3.47. The van der Waals surface area contributed by atoms with Crippen molar-refractivity contribution in [2.24, 2.45) is 0 Å². The molecule has 1 aromatic heterocycles. The van der Waals surface area contributed by atoms with E-state index in [0.717, 1.165) is 24.1 Å². The van der Waals surface area contributed by atoms with Crippen LogP contribution in [0.4, 0.5) is 4.79 Å². The molecule has 1 aliphatic carbocycles. The van der Waals surface area contributed by atoms with E-state index in [0.29, 0.717) is 12.6 Å². The van der Waals surface area contributed by atoms with Crippen molar-refractivity contribution in [1.82, 2.24) is 15.6 Å². The van der Waals surface area contributed by atoms with Crippen molar-refractivity contribution in [2.45, 2.75) is 51.6 Å². The van der Waals surface area contributed by atoms with Crippen LogP contribution in [0.15, 0.2) is 18.3 Å². The summed E-state index contributed by atoms with van der Waals surface area (Å²) in [4.78, 5) is 16.0. The zero-order valence-corrected chi connectivity index (χ0v) is 10.9. The Balaban J connectivity index is 1.76. The first-order valence-corrected chi connectivity index (χ1v) is 6.70. The third kappa shape index (κ3) is 3.72. The number of hydrogen-bond acceptors (Lipinski definition) is 2. The van der Waals surface area contributed by atoms with E-state index in [1.807, 2.05) is 19.1 Å². The lowest BCUT2D eigenvalue weighted by atomic mass is 9.96. The Bertz CT molecular complexity index is 400. The van der Waals surface area contributed by atoms with Gasteiger partial charge in [0.05, 0.1) is 12.2 Å². The molecule has 0 saturated heterocycles. The van der Waals surface area contributed by atoms with E-state index in [1.165, 1.54) is 19.3 Å². The number of carbonyl (C=O) groups is 1. The van der Waals surface area contributed by atoms with Crippen molar-refractivity contribution in [3.8, 4) is 0 Å². The Morgan fingerprint density at radius 2 is 2.17 bits per heavy atom. The molecule has 4 heteroatoms. The van der Waals surface area contributed by atoms with E-state index in [-0.39, 0.29) is 6.03 Å². The van der Waals surface area contributed by atoms with Gasteiger partial charge in [-0.2, -0.15) is 0 Å². The highest BCUT2D eigenvalue weighted by molar-refractivity contribution is 5.74. The number of urea groups is 1. The number of aryl methyl sites for hydroxylation is 1. The number of pyridine rings is 1. The van der Waals surface area contributed by atoms with Crippen LogP contribution in [-0.2, 0) is 6.54 Å². The SMILES string of the molecule is Cc1cccnc1CNC(=O)NC1CCCCC1. The largest absolute Gasteiger partial charge is 0.335 e. The number of aromatic nitrogens is 1. The van der Waals surface area contributed by atoms with Crippen LogP contribution in [0.2, 0.25) is 0 Å². The first kappa shape index (κ1) is 12.9. The molecule has 2 rings (SSSR count). The molecular formula is C14H21N3O. The van der Waals surface area contributed by atoms with E-state index in [9.17, 15) is 4.79 Å². The summed E-state index contributed by atoms with van der Waals surface area (Å²) in [6.07, 6.45) is 7.72. The summed E-state index contributed by atoms with van der Waals surface area (Å²) in [6.45, 7) is 2.49. The molecular weight excluding hydrogens is 226 g/mol. The number of nitrogens with zero attached hydrogens (tertiary/aromatic N) is 1. The van der Waals surface area contributed by atoms with Gasteiger partial charge in [0.1, 0.15) is 0 Å². The molecule has 4 nitrogen and oxygen atoms in total. The summed E-state index contributed by atoms with van der Waals surface area (Å²) in [5, 5.41) is 5.91. The van der Waals surface area contributed by atoms with Crippen LogP contribution < -0.4 is 10.6 Å². The molecule has 2 amide bonds. The maximum atomic E-state index is 11.7. The highest BCUT2D eigenvalue weighted by Gasteiger charge is 2.15. The molecule has 1 fully saturated rings. The molecule has 18 heavy (non-hydrogen) atoms. The maximum absolute atomic E-state index is 11.7. The van der Waals surface area contributed by atoms with Crippen molar-refractivity contribution < 1.29 is 4.79 Å². The molecule has 1 saturated carbocycles. The van der Waals surface area contributed by atoms with E-state index in [2.05, 4.69) is 15.6 Å². The molecule has 0 aliphatic heterocycles. The summed E-state index contributed by atoms with van der Waals surface area (Å²) >= 11 is 0. The molecule has 0 unspecified atom stereocenters. The Morgan fingerprint density at radius 1 is 1.39 bits per heavy atom.